The van der Waals surface area contributed by atoms with E-state index < -0.39 is 41.0 Å². The monoisotopic (exact) mass is 631 g/mol. The normalized spacial score (nSPS) is 22.8. The molecule has 0 saturated carbocycles. The third-order valence-corrected chi connectivity index (χ3v) is 8.25. The number of nitrogens with one attached hydrogen (secondary N) is 3. The molecule has 13 heteroatoms. The van der Waals surface area contributed by atoms with Crippen LogP contribution in [0.5, 0.6) is 11.5 Å². The molecule has 3 heterocycles. The van der Waals surface area contributed by atoms with Gasteiger partial charge in [-0.3, -0.25) is 9.59 Å². The Bertz CT molecular complexity index is 1570. The van der Waals surface area contributed by atoms with Crippen LogP contribution in [0.25, 0.3) is 0 Å². The van der Waals surface area contributed by atoms with Gasteiger partial charge in [-0.25, -0.2) is 14.4 Å². The summed E-state index contributed by atoms with van der Waals surface area (Å²) in [6, 6.07) is 7.57. The number of ether oxygens (including phenoxy) is 2. The number of aliphatic hydroxyl groups is 1. The fourth-order valence-electron chi connectivity index (χ4n) is 6.15. The van der Waals surface area contributed by atoms with E-state index in [1.807, 2.05) is 20.8 Å². The average Bonchev–Trinajstić information content (AvgIpc) is 3.42. The van der Waals surface area contributed by atoms with Gasteiger partial charge in [-0.05, 0) is 47.2 Å². The Morgan fingerprint density at radius 3 is 2.70 bits per heavy atom. The Morgan fingerprint density at radius 1 is 1.23 bits per heavy atom. The first-order valence-electron chi connectivity index (χ1n) is 13.7. The maximum absolute atomic E-state index is 15.9. The van der Waals surface area contributed by atoms with E-state index in [2.05, 4.69) is 25.9 Å². The van der Waals surface area contributed by atoms with Crippen molar-refractivity contribution >= 4 is 46.5 Å². The number of anilines is 2. The highest BCUT2D eigenvalue weighted by atomic mass is 35.5. The number of amides is 2. The van der Waals surface area contributed by atoms with Crippen LogP contribution in [0.2, 0.25) is 10.3 Å². The number of methoxy groups -OCH3 is 1. The summed E-state index contributed by atoms with van der Waals surface area (Å²) in [5, 5.41) is 18.0. The molecule has 0 aliphatic carbocycles. The number of fused-ring (bicyclic) bond motifs is 2. The van der Waals surface area contributed by atoms with Crippen molar-refractivity contribution in [2.75, 3.05) is 31.0 Å². The van der Waals surface area contributed by atoms with E-state index in [1.54, 1.807) is 24.3 Å². The molecule has 10 nitrogen and oxygen atoms in total. The van der Waals surface area contributed by atoms with Crippen LogP contribution in [-0.4, -0.2) is 59.3 Å². The summed E-state index contributed by atoms with van der Waals surface area (Å²) in [6.07, 6.45) is 1.90. The number of nitrogens with zero attached hydrogens (tertiary/aromatic N) is 2. The Morgan fingerprint density at radius 2 is 2.00 bits per heavy atom. The molecule has 2 aliphatic rings. The minimum atomic E-state index is -1.49. The summed E-state index contributed by atoms with van der Waals surface area (Å²) < 4.78 is 26.9. The van der Waals surface area contributed by atoms with Crippen LogP contribution >= 0.6 is 23.2 Å². The van der Waals surface area contributed by atoms with Crippen LogP contribution in [0.3, 0.4) is 0 Å². The quantitative estimate of drug-likeness (QED) is 0.263. The molecule has 3 aromatic rings. The molecule has 2 aliphatic heterocycles. The van der Waals surface area contributed by atoms with E-state index in [1.165, 1.54) is 25.4 Å². The average molecular weight is 633 g/mol. The van der Waals surface area contributed by atoms with Crippen molar-refractivity contribution in [3.8, 4) is 11.5 Å². The number of hydrogen-bond donors (Lipinski definition) is 4. The lowest BCUT2D eigenvalue weighted by atomic mass is 9.63. The number of carbonyl (C=O) groups excluding carboxylic acids is 2. The summed E-state index contributed by atoms with van der Waals surface area (Å²) >= 11 is 12.3. The van der Waals surface area contributed by atoms with Gasteiger partial charge in [-0.1, -0.05) is 44.5 Å². The van der Waals surface area contributed by atoms with E-state index in [0.717, 1.165) is 0 Å². The smallest absolute Gasteiger partial charge is 0.242 e. The third-order valence-electron chi connectivity index (χ3n) is 7.77. The predicted octanol–water partition coefficient (Wildman–Crippen LogP) is 4.69. The minimum absolute atomic E-state index is 0.0623. The molecular weight excluding hydrogens is 600 g/mol. The third kappa shape index (κ3) is 5.62. The molecule has 1 fully saturated rings. The Balaban J connectivity index is 1.66. The van der Waals surface area contributed by atoms with E-state index in [-0.39, 0.29) is 40.3 Å². The van der Waals surface area contributed by atoms with Gasteiger partial charge in [0.05, 0.1) is 30.5 Å². The second-order valence-electron chi connectivity index (χ2n) is 11.7. The fraction of sp³-hybridized carbons (Fsp3) is 0.400. The fourth-order valence-corrected chi connectivity index (χ4v) is 6.47. The van der Waals surface area contributed by atoms with Crippen molar-refractivity contribution in [1.82, 2.24) is 15.3 Å². The molecule has 0 unspecified atom stereocenters. The highest BCUT2D eigenvalue weighted by Gasteiger charge is 2.67. The van der Waals surface area contributed by atoms with Crippen molar-refractivity contribution < 1.29 is 28.6 Å². The topological polar surface area (TPSA) is 135 Å². The largest absolute Gasteiger partial charge is 0.494 e. The van der Waals surface area contributed by atoms with Gasteiger partial charge in [0.2, 0.25) is 17.1 Å². The first-order valence-corrected chi connectivity index (χ1v) is 14.4. The maximum atomic E-state index is 15.9. The molecule has 1 spiro atoms. The lowest BCUT2D eigenvalue weighted by Crippen LogP contribution is -2.49. The summed E-state index contributed by atoms with van der Waals surface area (Å²) in [6.45, 7) is 5.97. The number of halogens is 3. The van der Waals surface area contributed by atoms with Gasteiger partial charge in [0.1, 0.15) is 35.2 Å². The van der Waals surface area contributed by atoms with Gasteiger partial charge in [0.15, 0.2) is 0 Å². The molecule has 228 valence electrons. The SMILES string of the molecule is COc1cc(OCCO)ccc1NC(=O)[C@@H]1N[C@@H](CC(C)(C)C)[C@@]2(C(=O)Nc3nc(Cl)ncc32)[C@H]1c1cccc(Cl)c1F. The van der Waals surface area contributed by atoms with E-state index in [4.69, 9.17) is 37.8 Å². The first kappa shape index (κ1) is 30.9. The number of aliphatic hydroxyl groups excluding tert-OH is 1. The molecule has 0 radical (unpaired) electrons. The van der Waals surface area contributed by atoms with E-state index >= 15 is 4.39 Å². The molecule has 4 atom stereocenters. The van der Waals surface area contributed by atoms with Crippen molar-refractivity contribution in [3.05, 3.63) is 69.8 Å². The van der Waals surface area contributed by atoms with E-state index in [9.17, 15) is 9.59 Å². The highest BCUT2D eigenvalue weighted by molar-refractivity contribution is 6.30. The molecule has 2 amide bonds. The predicted molar refractivity (Wildman–Crippen MR) is 160 cm³/mol. The van der Waals surface area contributed by atoms with Gasteiger partial charge in [0.25, 0.3) is 0 Å². The zero-order valence-electron chi connectivity index (χ0n) is 24.0. The van der Waals surface area contributed by atoms with Crippen LogP contribution in [0.4, 0.5) is 15.9 Å². The summed E-state index contributed by atoms with van der Waals surface area (Å²) in [5.41, 5.74) is -0.972. The molecule has 4 N–H and O–H groups in total. The number of hydrogen-bond acceptors (Lipinski definition) is 8. The van der Waals surface area contributed by atoms with Gasteiger partial charge >= 0.3 is 0 Å². The highest BCUT2D eigenvalue weighted by Crippen LogP contribution is 2.56. The number of aromatic nitrogens is 2. The zero-order chi connectivity index (χ0) is 31.1. The van der Waals surface area contributed by atoms with Gasteiger partial charge < -0.3 is 30.5 Å². The summed E-state index contributed by atoms with van der Waals surface area (Å²) in [4.78, 5) is 36.8. The second kappa shape index (κ2) is 11.9. The van der Waals surface area contributed by atoms with Gasteiger partial charge in [-0.15, -0.1) is 0 Å². The Labute approximate surface area is 258 Å². The number of carbonyl (C=O) groups is 2. The Kier molecular flexibility index (Phi) is 8.54. The van der Waals surface area contributed by atoms with Crippen molar-refractivity contribution in [3.63, 3.8) is 0 Å². The second-order valence-corrected chi connectivity index (χ2v) is 12.5. The van der Waals surface area contributed by atoms with Crippen LogP contribution < -0.4 is 25.4 Å². The van der Waals surface area contributed by atoms with Crippen molar-refractivity contribution in [1.29, 1.82) is 0 Å². The molecule has 5 rings (SSSR count). The molecule has 2 aromatic carbocycles. The molecule has 1 saturated heterocycles. The molecular formula is C30H32Cl2FN5O5. The zero-order valence-corrected chi connectivity index (χ0v) is 25.5. The summed E-state index contributed by atoms with van der Waals surface area (Å²) in [7, 11) is 1.44. The minimum Gasteiger partial charge on any atom is -0.494 e. The van der Waals surface area contributed by atoms with E-state index in [0.29, 0.717) is 29.2 Å². The van der Waals surface area contributed by atoms with Crippen LogP contribution in [0.15, 0.2) is 42.6 Å². The Hall–Kier alpha value is -3.51. The van der Waals surface area contributed by atoms with Crippen LogP contribution in [-0.2, 0) is 15.0 Å². The summed E-state index contributed by atoms with van der Waals surface area (Å²) in [5.74, 6) is -1.84. The lowest BCUT2D eigenvalue weighted by molar-refractivity contribution is -0.122. The van der Waals surface area contributed by atoms with Crippen LogP contribution in [0.1, 0.15) is 44.2 Å². The van der Waals surface area contributed by atoms with Crippen molar-refractivity contribution in [2.24, 2.45) is 5.41 Å². The molecule has 0 bridgehead atoms. The van der Waals surface area contributed by atoms with Gasteiger partial charge in [-0.2, -0.15) is 0 Å². The number of benzene rings is 2. The van der Waals surface area contributed by atoms with Crippen molar-refractivity contribution in [2.45, 2.75) is 50.6 Å². The lowest BCUT2D eigenvalue weighted by Gasteiger charge is -2.37. The molecule has 43 heavy (non-hydrogen) atoms. The van der Waals surface area contributed by atoms with Crippen LogP contribution in [0, 0.1) is 11.2 Å². The first-order chi connectivity index (χ1) is 20.4. The maximum Gasteiger partial charge on any atom is 0.242 e. The molecule has 1 aromatic heterocycles. The standard InChI is InChI=1S/C30H32Cl2FN5O5/c1-29(2,3)13-21-30(17-14-34-28(32)38-25(17)37-27(30)41)22(16-6-5-7-18(31)23(16)33)24(36-21)26(40)35-19-9-8-15(43-11-10-39)12-20(19)42-4/h5-9,12,14,21-22,24,36,39H,10-11,13H2,1-4H3,(H,35,40)(H,34,37,38,41)/t21-,22-,24+,30+/m0/s1. The number of rotatable bonds is 8. The van der Waals surface area contributed by atoms with Gasteiger partial charge in [0, 0.05) is 29.8 Å².